The number of phenolic OH excluding ortho intramolecular Hbond substituents is 1. The van der Waals surface area contributed by atoms with Gasteiger partial charge in [0.1, 0.15) is 0 Å². The van der Waals surface area contributed by atoms with Crippen LogP contribution in [0.3, 0.4) is 0 Å². The zero-order valence-corrected chi connectivity index (χ0v) is 9.66. The molecule has 0 aliphatic heterocycles. The van der Waals surface area contributed by atoms with Crippen LogP contribution < -0.4 is 0 Å². The van der Waals surface area contributed by atoms with Gasteiger partial charge in [-0.15, -0.1) is 0 Å². The molecule has 0 amide bonds. The lowest BCUT2D eigenvalue weighted by molar-refractivity contribution is -0.137. The first kappa shape index (κ1) is 11.9. The lowest BCUT2D eigenvalue weighted by Crippen LogP contribution is -2.14. The summed E-state index contributed by atoms with van der Waals surface area (Å²) >= 11 is 0. The third-order valence-corrected chi connectivity index (χ3v) is 3.45. The fourth-order valence-electron chi connectivity index (χ4n) is 2.25. The first-order valence-corrected chi connectivity index (χ1v) is 5.72. The van der Waals surface area contributed by atoms with Crippen molar-refractivity contribution in [3.05, 3.63) is 29.1 Å². The van der Waals surface area contributed by atoms with Gasteiger partial charge < -0.3 is 10.2 Å². The van der Waals surface area contributed by atoms with E-state index >= 15 is 0 Å². The van der Waals surface area contributed by atoms with Crippen LogP contribution in [-0.2, 0) is 16.6 Å². The standard InChI is InChI=1S/C13H15FO3/c1-2-8-5-9(12(17)10(14)6-8)13(3-4-13)7-11(15)16/h5-6,17H,2-4,7H2,1H3,(H,15,16). The summed E-state index contributed by atoms with van der Waals surface area (Å²) < 4.78 is 13.5. The van der Waals surface area contributed by atoms with Crippen molar-refractivity contribution in [2.24, 2.45) is 0 Å². The Morgan fingerprint density at radius 2 is 2.12 bits per heavy atom. The van der Waals surface area contributed by atoms with Crippen LogP contribution >= 0.6 is 0 Å². The summed E-state index contributed by atoms with van der Waals surface area (Å²) in [5.74, 6) is -1.96. The maximum atomic E-state index is 13.5. The van der Waals surface area contributed by atoms with E-state index in [1.807, 2.05) is 6.92 Å². The molecule has 1 aliphatic carbocycles. The maximum absolute atomic E-state index is 13.5. The van der Waals surface area contributed by atoms with Crippen molar-refractivity contribution in [1.82, 2.24) is 0 Å². The van der Waals surface area contributed by atoms with E-state index in [0.717, 1.165) is 5.56 Å². The fourth-order valence-corrected chi connectivity index (χ4v) is 2.25. The third kappa shape index (κ3) is 2.12. The fraction of sp³-hybridized carbons (Fsp3) is 0.462. The average molecular weight is 238 g/mol. The Labute approximate surface area is 98.9 Å². The molecule has 1 aromatic carbocycles. The number of carbonyl (C=O) groups is 1. The van der Waals surface area contributed by atoms with E-state index in [1.54, 1.807) is 6.07 Å². The number of hydrogen-bond acceptors (Lipinski definition) is 2. The Balaban J connectivity index is 2.44. The number of aryl methyl sites for hydroxylation is 1. The number of phenols is 1. The molecule has 1 aliphatic rings. The van der Waals surface area contributed by atoms with Crippen molar-refractivity contribution in [2.45, 2.75) is 38.0 Å². The molecule has 0 heterocycles. The van der Waals surface area contributed by atoms with Crippen LogP contribution in [-0.4, -0.2) is 16.2 Å². The quantitative estimate of drug-likeness (QED) is 0.847. The molecule has 3 nitrogen and oxygen atoms in total. The lowest BCUT2D eigenvalue weighted by Gasteiger charge is -2.16. The largest absolute Gasteiger partial charge is 0.505 e. The number of aliphatic carboxylic acids is 1. The highest BCUT2D eigenvalue weighted by molar-refractivity contribution is 5.70. The summed E-state index contributed by atoms with van der Waals surface area (Å²) in [6.07, 6.45) is 2.00. The van der Waals surface area contributed by atoms with Crippen molar-refractivity contribution in [3.63, 3.8) is 0 Å². The molecule has 0 unspecified atom stereocenters. The minimum absolute atomic E-state index is 0.0484. The van der Waals surface area contributed by atoms with E-state index in [0.29, 0.717) is 24.8 Å². The molecule has 0 radical (unpaired) electrons. The average Bonchev–Trinajstić information content (AvgIpc) is 3.01. The SMILES string of the molecule is CCc1cc(F)c(O)c(C2(CC(=O)O)CC2)c1. The summed E-state index contributed by atoms with van der Waals surface area (Å²) in [7, 11) is 0. The van der Waals surface area contributed by atoms with Gasteiger partial charge in [-0.3, -0.25) is 4.79 Å². The first-order valence-electron chi connectivity index (χ1n) is 5.72. The summed E-state index contributed by atoms with van der Waals surface area (Å²) in [5.41, 5.74) is 0.686. The second kappa shape index (κ2) is 4.02. The molecule has 1 saturated carbocycles. The molecule has 0 bridgehead atoms. The van der Waals surface area contributed by atoms with E-state index in [-0.39, 0.29) is 12.2 Å². The van der Waals surface area contributed by atoms with E-state index < -0.39 is 17.2 Å². The normalized spacial score (nSPS) is 16.8. The van der Waals surface area contributed by atoms with Crippen molar-refractivity contribution in [3.8, 4) is 5.75 Å². The Hall–Kier alpha value is -1.58. The lowest BCUT2D eigenvalue weighted by atomic mass is 9.89. The topological polar surface area (TPSA) is 57.5 Å². The molecule has 0 saturated heterocycles. The second-order valence-electron chi connectivity index (χ2n) is 4.68. The van der Waals surface area contributed by atoms with Crippen LogP contribution in [0, 0.1) is 5.82 Å². The van der Waals surface area contributed by atoms with Gasteiger partial charge in [0.05, 0.1) is 6.42 Å². The van der Waals surface area contributed by atoms with E-state index in [2.05, 4.69) is 0 Å². The highest BCUT2D eigenvalue weighted by atomic mass is 19.1. The monoisotopic (exact) mass is 238 g/mol. The van der Waals surface area contributed by atoms with Gasteiger partial charge in [-0.25, -0.2) is 4.39 Å². The number of carboxylic acid groups (broad SMARTS) is 1. The highest BCUT2D eigenvalue weighted by Gasteiger charge is 2.48. The van der Waals surface area contributed by atoms with Crippen molar-refractivity contribution >= 4 is 5.97 Å². The van der Waals surface area contributed by atoms with Crippen LogP contribution in [0.25, 0.3) is 0 Å². The molecule has 0 atom stereocenters. The molecule has 1 fully saturated rings. The number of hydrogen-bond donors (Lipinski definition) is 2. The van der Waals surface area contributed by atoms with Gasteiger partial charge in [-0.05, 0) is 30.9 Å². The predicted octanol–water partition coefficient (Wildman–Crippen LogP) is 2.60. The number of rotatable bonds is 4. The Morgan fingerprint density at radius 3 is 2.59 bits per heavy atom. The maximum Gasteiger partial charge on any atom is 0.304 e. The molecule has 1 aromatic rings. The Kier molecular flexibility index (Phi) is 2.81. The highest BCUT2D eigenvalue weighted by Crippen LogP contribution is 2.54. The van der Waals surface area contributed by atoms with E-state index in [4.69, 9.17) is 5.11 Å². The van der Waals surface area contributed by atoms with Crippen LogP contribution in [0.4, 0.5) is 4.39 Å². The number of carboxylic acids is 1. The summed E-state index contributed by atoms with van der Waals surface area (Å²) in [4.78, 5) is 10.8. The summed E-state index contributed by atoms with van der Waals surface area (Å²) in [5, 5.41) is 18.6. The van der Waals surface area contributed by atoms with Crippen LogP contribution in [0.1, 0.15) is 37.3 Å². The van der Waals surface area contributed by atoms with Gasteiger partial charge in [-0.1, -0.05) is 13.0 Å². The molecule has 4 heteroatoms. The molecular formula is C13H15FO3. The molecule has 92 valence electrons. The molecule has 0 aromatic heterocycles. The molecular weight excluding hydrogens is 223 g/mol. The summed E-state index contributed by atoms with van der Waals surface area (Å²) in [6, 6.07) is 3.03. The molecule has 17 heavy (non-hydrogen) atoms. The summed E-state index contributed by atoms with van der Waals surface area (Å²) in [6.45, 7) is 1.90. The van der Waals surface area contributed by atoms with E-state index in [1.165, 1.54) is 6.07 Å². The van der Waals surface area contributed by atoms with Crippen LogP contribution in [0.5, 0.6) is 5.75 Å². The smallest absolute Gasteiger partial charge is 0.304 e. The molecule has 0 spiro atoms. The van der Waals surface area contributed by atoms with Crippen LogP contribution in [0.2, 0.25) is 0 Å². The number of aromatic hydroxyl groups is 1. The third-order valence-electron chi connectivity index (χ3n) is 3.45. The Bertz CT molecular complexity index is 464. The predicted molar refractivity (Wildman–Crippen MR) is 60.6 cm³/mol. The minimum atomic E-state index is -0.913. The van der Waals surface area contributed by atoms with Crippen molar-refractivity contribution in [2.75, 3.05) is 0 Å². The molecule has 2 rings (SSSR count). The van der Waals surface area contributed by atoms with Gasteiger partial charge in [0.15, 0.2) is 11.6 Å². The van der Waals surface area contributed by atoms with E-state index in [9.17, 15) is 14.3 Å². The molecule has 2 N–H and O–H groups in total. The number of halogens is 1. The zero-order chi connectivity index (χ0) is 12.6. The van der Waals surface area contributed by atoms with Crippen molar-refractivity contribution in [1.29, 1.82) is 0 Å². The van der Waals surface area contributed by atoms with Gasteiger partial charge in [0.25, 0.3) is 0 Å². The number of benzene rings is 1. The van der Waals surface area contributed by atoms with Gasteiger partial charge in [-0.2, -0.15) is 0 Å². The van der Waals surface area contributed by atoms with Crippen molar-refractivity contribution < 1.29 is 19.4 Å². The van der Waals surface area contributed by atoms with Gasteiger partial charge >= 0.3 is 5.97 Å². The first-order chi connectivity index (χ1) is 7.98. The van der Waals surface area contributed by atoms with Gasteiger partial charge in [0, 0.05) is 11.0 Å². The van der Waals surface area contributed by atoms with Gasteiger partial charge in [0.2, 0.25) is 0 Å². The second-order valence-corrected chi connectivity index (χ2v) is 4.68. The van der Waals surface area contributed by atoms with Crippen LogP contribution in [0.15, 0.2) is 12.1 Å². The Morgan fingerprint density at radius 1 is 1.47 bits per heavy atom. The minimum Gasteiger partial charge on any atom is -0.505 e. The zero-order valence-electron chi connectivity index (χ0n) is 9.66.